The van der Waals surface area contributed by atoms with E-state index in [-0.39, 0.29) is 6.42 Å². The molecule has 22 heavy (non-hydrogen) atoms. The second-order valence-electron chi connectivity index (χ2n) is 5.57. The molecule has 0 aliphatic heterocycles. The van der Waals surface area contributed by atoms with Crippen molar-refractivity contribution in [2.24, 2.45) is 0 Å². The molecule has 0 radical (unpaired) electrons. The van der Waals surface area contributed by atoms with Crippen LogP contribution in [0.5, 0.6) is 0 Å². The molecule has 0 heterocycles. The largest absolute Gasteiger partial charge is 0.481 e. The molecule has 2 heteroatoms. The van der Waals surface area contributed by atoms with Crippen molar-refractivity contribution in [3.8, 4) is 0 Å². The molecule has 124 valence electrons. The van der Waals surface area contributed by atoms with Crippen molar-refractivity contribution in [3.05, 3.63) is 42.2 Å². The second kappa shape index (κ2) is 17.5. The lowest BCUT2D eigenvalue weighted by molar-refractivity contribution is -0.135. The van der Waals surface area contributed by atoms with E-state index < -0.39 is 5.97 Å². The maximum absolute atomic E-state index is 10.2. The van der Waals surface area contributed by atoms with Gasteiger partial charge in [0.2, 0.25) is 0 Å². The summed E-state index contributed by atoms with van der Waals surface area (Å²) in [5.41, 5.74) is 2.81. The number of hydrogen-bond acceptors (Lipinski definition) is 1. The van der Waals surface area contributed by atoms with Crippen molar-refractivity contribution >= 4 is 5.97 Å². The fourth-order valence-corrected chi connectivity index (χ4v) is 2.14. The summed E-state index contributed by atoms with van der Waals surface area (Å²) < 4.78 is 0. The van der Waals surface area contributed by atoms with Gasteiger partial charge >= 0.3 is 5.97 Å². The van der Waals surface area contributed by atoms with E-state index in [0.717, 1.165) is 6.42 Å². The Balaban J connectivity index is 3.37. The van der Waals surface area contributed by atoms with Crippen LogP contribution >= 0.6 is 0 Å². The van der Waals surface area contributed by atoms with Gasteiger partial charge in [0.05, 0.1) is 6.42 Å². The molecule has 0 aliphatic rings. The summed E-state index contributed by atoms with van der Waals surface area (Å²) in [5, 5.41) is 8.42. The van der Waals surface area contributed by atoms with Crippen LogP contribution in [0.3, 0.4) is 0 Å². The lowest BCUT2D eigenvalue weighted by Crippen LogP contribution is -1.88. The molecule has 2 nitrogen and oxygen atoms in total. The molecule has 0 aliphatic carbocycles. The summed E-state index contributed by atoms with van der Waals surface area (Å²) in [4.78, 5) is 10.2. The predicted octanol–water partition coefficient (Wildman–Crippen LogP) is 6.21. The lowest BCUT2D eigenvalue weighted by atomic mass is 10.1. The average Bonchev–Trinajstić information content (AvgIpc) is 2.50. The van der Waals surface area contributed by atoms with E-state index in [9.17, 15) is 4.79 Å². The summed E-state index contributed by atoms with van der Waals surface area (Å²) in [6, 6.07) is 0. The summed E-state index contributed by atoms with van der Waals surface area (Å²) in [6.45, 7) is 2.26. The monoisotopic (exact) mass is 304 g/mol. The molecular weight excluding hydrogens is 272 g/mol. The Morgan fingerprint density at radius 3 is 2.18 bits per heavy atom. The highest BCUT2D eigenvalue weighted by Gasteiger charge is 1.90. The van der Waals surface area contributed by atoms with Gasteiger partial charge in [-0.05, 0) is 25.0 Å². The molecule has 0 fully saturated rings. The van der Waals surface area contributed by atoms with Crippen LogP contribution in [0.4, 0.5) is 0 Å². The number of carboxylic acid groups (broad SMARTS) is 1. The zero-order valence-electron chi connectivity index (χ0n) is 14.1. The Labute approximate surface area is 136 Å². The van der Waals surface area contributed by atoms with Gasteiger partial charge in [-0.2, -0.15) is 0 Å². The number of carboxylic acids is 1. The van der Waals surface area contributed by atoms with Crippen LogP contribution in [0.25, 0.3) is 0 Å². The zero-order chi connectivity index (χ0) is 16.3. The number of rotatable bonds is 14. The van der Waals surface area contributed by atoms with Gasteiger partial charge in [0.15, 0.2) is 0 Å². The second-order valence-corrected chi connectivity index (χ2v) is 5.57. The van der Waals surface area contributed by atoms with E-state index in [1.54, 1.807) is 6.08 Å². The van der Waals surface area contributed by atoms with Crippen LogP contribution in [0.2, 0.25) is 0 Å². The molecular formula is C20H32O2. The maximum atomic E-state index is 10.2. The Hall–Kier alpha value is -1.53. The minimum Gasteiger partial charge on any atom is -0.481 e. The van der Waals surface area contributed by atoms with Gasteiger partial charge in [-0.1, -0.05) is 82.6 Å². The molecule has 0 unspecified atom stereocenters. The summed E-state index contributed by atoms with van der Waals surface area (Å²) in [5.74, 6) is -0.828. The van der Waals surface area contributed by atoms with Crippen molar-refractivity contribution in [1.29, 1.82) is 0 Å². The number of aliphatic carboxylic acids is 1. The maximum Gasteiger partial charge on any atom is 0.307 e. The smallest absolute Gasteiger partial charge is 0.307 e. The van der Waals surface area contributed by atoms with E-state index >= 15 is 0 Å². The minimum absolute atomic E-state index is 0.0266. The SMILES string of the molecule is CCCCCCCCCCC/C=C/C=C/C=C=CCC(=O)O. The average molecular weight is 304 g/mol. The quantitative estimate of drug-likeness (QED) is 0.235. The fourth-order valence-electron chi connectivity index (χ4n) is 2.14. The predicted molar refractivity (Wildman–Crippen MR) is 95.0 cm³/mol. The van der Waals surface area contributed by atoms with Crippen LogP contribution in [-0.4, -0.2) is 11.1 Å². The van der Waals surface area contributed by atoms with Crippen molar-refractivity contribution in [2.45, 2.75) is 77.6 Å². The third-order valence-corrected chi connectivity index (χ3v) is 3.42. The van der Waals surface area contributed by atoms with Gasteiger partial charge in [0.1, 0.15) is 0 Å². The van der Waals surface area contributed by atoms with E-state index in [0.29, 0.717) is 0 Å². The van der Waals surface area contributed by atoms with Crippen LogP contribution in [0, 0.1) is 0 Å². The molecule has 0 atom stereocenters. The van der Waals surface area contributed by atoms with Crippen molar-refractivity contribution < 1.29 is 9.90 Å². The molecule has 0 saturated heterocycles. The highest BCUT2D eigenvalue weighted by atomic mass is 16.4. The highest BCUT2D eigenvalue weighted by Crippen LogP contribution is 2.10. The minimum atomic E-state index is -0.828. The summed E-state index contributed by atoms with van der Waals surface area (Å²) >= 11 is 0. The molecule has 0 aromatic heterocycles. The van der Waals surface area contributed by atoms with E-state index in [2.05, 4.69) is 18.7 Å². The van der Waals surface area contributed by atoms with Crippen LogP contribution < -0.4 is 0 Å². The van der Waals surface area contributed by atoms with Gasteiger partial charge in [0, 0.05) is 0 Å². The van der Waals surface area contributed by atoms with Crippen LogP contribution in [-0.2, 0) is 4.79 Å². The first kappa shape index (κ1) is 20.5. The molecule has 0 aromatic rings. The first-order chi connectivity index (χ1) is 10.8. The third kappa shape index (κ3) is 18.5. The molecule has 0 spiro atoms. The number of carbonyl (C=O) groups is 1. The number of allylic oxidation sites excluding steroid dienone is 4. The van der Waals surface area contributed by atoms with E-state index in [4.69, 9.17) is 5.11 Å². The number of unbranched alkanes of at least 4 members (excludes halogenated alkanes) is 9. The molecule has 0 bridgehead atoms. The van der Waals surface area contributed by atoms with E-state index in [1.165, 1.54) is 63.9 Å². The van der Waals surface area contributed by atoms with Crippen molar-refractivity contribution in [2.75, 3.05) is 0 Å². The summed E-state index contributed by atoms with van der Waals surface area (Å²) in [7, 11) is 0. The van der Waals surface area contributed by atoms with Gasteiger partial charge < -0.3 is 5.11 Å². The van der Waals surface area contributed by atoms with Gasteiger partial charge in [-0.25, -0.2) is 0 Å². The molecule has 0 saturated carbocycles. The zero-order valence-corrected chi connectivity index (χ0v) is 14.1. The Morgan fingerprint density at radius 1 is 0.909 bits per heavy atom. The Kier molecular flexibility index (Phi) is 16.3. The third-order valence-electron chi connectivity index (χ3n) is 3.42. The topological polar surface area (TPSA) is 37.3 Å². The first-order valence-corrected chi connectivity index (χ1v) is 8.72. The Morgan fingerprint density at radius 2 is 1.55 bits per heavy atom. The first-order valence-electron chi connectivity index (χ1n) is 8.72. The summed E-state index contributed by atoms with van der Waals surface area (Å²) in [6.07, 6.45) is 24.8. The fraction of sp³-hybridized carbons (Fsp3) is 0.600. The molecule has 1 N–H and O–H groups in total. The van der Waals surface area contributed by atoms with Crippen LogP contribution in [0.1, 0.15) is 77.6 Å². The highest BCUT2D eigenvalue weighted by molar-refractivity contribution is 5.68. The normalized spacial score (nSPS) is 11.0. The standard InChI is InChI=1S/C20H32O2/c1-2-3-4-5-6-7-8-9-10-11-12-13-14-15-16-17-18-19-20(21)22/h12-16,18H,2-11,19H2,1H3,(H,21,22)/b13-12+,15-14+. The van der Waals surface area contributed by atoms with Crippen molar-refractivity contribution in [3.63, 3.8) is 0 Å². The molecule has 0 amide bonds. The Bertz CT molecular complexity index is 371. The van der Waals surface area contributed by atoms with Crippen LogP contribution in [0.15, 0.2) is 42.2 Å². The molecule has 0 aromatic carbocycles. The molecule has 0 rings (SSSR count). The number of hydrogen-bond donors (Lipinski definition) is 1. The van der Waals surface area contributed by atoms with Gasteiger partial charge in [0.25, 0.3) is 0 Å². The lowest BCUT2D eigenvalue weighted by Gasteiger charge is -2.00. The van der Waals surface area contributed by atoms with Gasteiger partial charge in [-0.15, -0.1) is 5.73 Å². The van der Waals surface area contributed by atoms with E-state index in [1.807, 2.05) is 18.2 Å². The van der Waals surface area contributed by atoms with Crippen molar-refractivity contribution in [1.82, 2.24) is 0 Å². The van der Waals surface area contributed by atoms with Gasteiger partial charge in [-0.3, -0.25) is 4.79 Å².